The summed E-state index contributed by atoms with van der Waals surface area (Å²) in [5.74, 6) is 0. The molecule has 0 saturated heterocycles. The van der Waals surface area contributed by atoms with E-state index in [1.807, 2.05) is 24.3 Å². The molecule has 2 nitrogen and oxygen atoms in total. The monoisotopic (exact) mass is 173 g/mol. The summed E-state index contributed by atoms with van der Waals surface area (Å²) in [5, 5.41) is 0. The van der Waals surface area contributed by atoms with E-state index in [1.165, 1.54) is 0 Å². The third kappa shape index (κ3) is 1.06. The van der Waals surface area contributed by atoms with Gasteiger partial charge in [-0.05, 0) is 12.1 Å². The van der Waals surface area contributed by atoms with E-state index in [0.29, 0.717) is 0 Å². The molecule has 0 spiro atoms. The number of H-pyrrole nitrogens is 1. The molecular formula is C7H6MnN2. The summed E-state index contributed by atoms with van der Waals surface area (Å²) in [7, 11) is 0. The molecule has 51 valence electrons. The minimum Gasteiger partial charge on any atom is -0.345 e. The van der Waals surface area contributed by atoms with E-state index in [2.05, 4.69) is 9.97 Å². The Labute approximate surface area is 69.1 Å². The van der Waals surface area contributed by atoms with Gasteiger partial charge in [-0.1, -0.05) is 12.1 Å². The molecule has 2 aromatic rings. The summed E-state index contributed by atoms with van der Waals surface area (Å²) in [4.78, 5) is 7.07. The van der Waals surface area contributed by atoms with E-state index in [-0.39, 0.29) is 17.1 Å². The fraction of sp³-hybridized carbons (Fsp3) is 0. The zero-order chi connectivity index (χ0) is 6.10. The number of nitrogens with zero attached hydrogens (tertiary/aromatic N) is 1. The molecule has 1 radical (unpaired) electrons. The Morgan fingerprint density at radius 1 is 1.20 bits per heavy atom. The number of rotatable bonds is 0. The van der Waals surface area contributed by atoms with E-state index < -0.39 is 0 Å². The van der Waals surface area contributed by atoms with Crippen molar-refractivity contribution in [1.82, 2.24) is 9.97 Å². The first-order valence-corrected chi connectivity index (χ1v) is 2.85. The first-order chi connectivity index (χ1) is 4.47. The first kappa shape index (κ1) is 7.32. The molecular weight excluding hydrogens is 167 g/mol. The van der Waals surface area contributed by atoms with E-state index >= 15 is 0 Å². The van der Waals surface area contributed by atoms with Gasteiger partial charge in [-0.2, -0.15) is 0 Å². The van der Waals surface area contributed by atoms with Gasteiger partial charge < -0.3 is 4.98 Å². The number of aromatic nitrogens is 2. The maximum absolute atomic E-state index is 4.06. The van der Waals surface area contributed by atoms with Crippen molar-refractivity contribution < 1.29 is 17.1 Å². The third-order valence-electron chi connectivity index (χ3n) is 1.33. The van der Waals surface area contributed by atoms with Gasteiger partial charge in [0.05, 0.1) is 17.4 Å². The normalized spacial score (nSPS) is 9.20. The molecule has 0 bridgehead atoms. The third-order valence-corrected chi connectivity index (χ3v) is 1.33. The number of aromatic amines is 1. The van der Waals surface area contributed by atoms with Crippen LogP contribution >= 0.6 is 0 Å². The number of imidazole rings is 1. The van der Waals surface area contributed by atoms with E-state index in [0.717, 1.165) is 11.0 Å². The Morgan fingerprint density at radius 2 is 2.00 bits per heavy atom. The predicted octanol–water partition coefficient (Wildman–Crippen LogP) is 1.56. The van der Waals surface area contributed by atoms with Crippen molar-refractivity contribution in [2.24, 2.45) is 0 Å². The number of hydrogen-bond donors (Lipinski definition) is 1. The molecule has 0 aliphatic carbocycles. The zero-order valence-electron chi connectivity index (χ0n) is 5.21. The fourth-order valence-corrected chi connectivity index (χ4v) is 0.880. The summed E-state index contributed by atoms with van der Waals surface area (Å²) in [6.07, 6.45) is 1.70. The fourth-order valence-electron chi connectivity index (χ4n) is 0.880. The second-order valence-corrected chi connectivity index (χ2v) is 1.92. The smallest absolute Gasteiger partial charge is 0.0931 e. The van der Waals surface area contributed by atoms with Crippen molar-refractivity contribution >= 4 is 11.0 Å². The quantitative estimate of drug-likeness (QED) is 0.601. The Bertz CT molecular complexity index is 286. The summed E-state index contributed by atoms with van der Waals surface area (Å²) >= 11 is 0. The Balaban J connectivity index is 0.000000500. The number of nitrogens with one attached hydrogen (secondary N) is 1. The molecule has 1 aromatic carbocycles. The van der Waals surface area contributed by atoms with Crippen LogP contribution < -0.4 is 0 Å². The van der Waals surface area contributed by atoms with Gasteiger partial charge >= 0.3 is 0 Å². The van der Waals surface area contributed by atoms with Crippen LogP contribution in [0.3, 0.4) is 0 Å². The van der Waals surface area contributed by atoms with Crippen molar-refractivity contribution in [3.8, 4) is 0 Å². The van der Waals surface area contributed by atoms with E-state index in [1.54, 1.807) is 6.33 Å². The molecule has 1 N–H and O–H groups in total. The molecule has 3 heteroatoms. The van der Waals surface area contributed by atoms with Gasteiger partial charge in [0.25, 0.3) is 0 Å². The van der Waals surface area contributed by atoms with Crippen LogP contribution in [0.5, 0.6) is 0 Å². The minimum absolute atomic E-state index is 0. The second kappa shape index (κ2) is 2.86. The second-order valence-electron chi connectivity index (χ2n) is 1.92. The number of para-hydroxylation sites is 2. The molecule has 0 fully saturated rings. The molecule has 1 heterocycles. The molecule has 2 rings (SSSR count). The summed E-state index contributed by atoms with van der Waals surface area (Å²) in [6.45, 7) is 0. The minimum atomic E-state index is 0. The van der Waals surface area contributed by atoms with E-state index in [4.69, 9.17) is 0 Å². The first-order valence-electron chi connectivity index (χ1n) is 2.85. The molecule has 0 aliphatic rings. The molecule has 0 aliphatic heterocycles. The van der Waals surface area contributed by atoms with E-state index in [9.17, 15) is 0 Å². The summed E-state index contributed by atoms with van der Waals surface area (Å²) in [5.41, 5.74) is 2.12. The van der Waals surface area contributed by atoms with Crippen LogP contribution in [-0.2, 0) is 17.1 Å². The van der Waals surface area contributed by atoms with Crippen molar-refractivity contribution in [3.63, 3.8) is 0 Å². The standard InChI is InChI=1S/C7H6N2.Mn/c1-2-4-7-6(3-1)8-5-9-7;/h1-5H,(H,8,9);. The van der Waals surface area contributed by atoms with Gasteiger partial charge in [0.2, 0.25) is 0 Å². The molecule has 10 heavy (non-hydrogen) atoms. The van der Waals surface area contributed by atoms with Crippen LogP contribution in [0.1, 0.15) is 0 Å². The van der Waals surface area contributed by atoms with Gasteiger partial charge in [0, 0.05) is 17.1 Å². The van der Waals surface area contributed by atoms with Crippen LogP contribution in [0.4, 0.5) is 0 Å². The SMILES string of the molecule is [Mn].c1ccc2[nH]cnc2c1. The summed E-state index contributed by atoms with van der Waals surface area (Å²) < 4.78 is 0. The molecule has 0 atom stereocenters. The van der Waals surface area contributed by atoms with Gasteiger partial charge in [-0.15, -0.1) is 0 Å². The Morgan fingerprint density at radius 3 is 2.80 bits per heavy atom. The van der Waals surface area contributed by atoms with Crippen LogP contribution in [0.25, 0.3) is 11.0 Å². The summed E-state index contributed by atoms with van der Waals surface area (Å²) in [6, 6.07) is 7.94. The maximum atomic E-state index is 4.06. The van der Waals surface area contributed by atoms with Crippen LogP contribution in [0.15, 0.2) is 30.6 Å². The van der Waals surface area contributed by atoms with Gasteiger partial charge in [-0.3, -0.25) is 0 Å². The predicted molar refractivity (Wildman–Crippen MR) is 36.1 cm³/mol. The number of benzene rings is 1. The molecule has 1 aromatic heterocycles. The maximum Gasteiger partial charge on any atom is 0.0931 e. The van der Waals surface area contributed by atoms with Gasteiger partial charge in [-0.25, -0.2) is 4.98 Å². The number of hydrogen-bond acceptors (Lipinski definition) is 1. The largest absolute Gasteiger partial charge is 0.345 e. The zero-order valence-corrected chi connectivity index (χ0v) is 6.39. The van der Waals surface area contributed by atoms with Crippen molar-refractivity contribution in [3.05, 3.63) is 30.6 Å². The Kier molecular flexibility index (Phi) is 2.09. The average molecular weight is 173 g/mol. The van der Waals surface area contributed by atoms with Gasteiger partial charge in [0.15, 0.2) is 0 Å². The van der Waals surface area contributed by atoms with Crippen molar-refractivity contribution in [2.45, 2.75) is 0 Å². The van der Waals surface area contributed by atoms with Crippen LogP contribution in [0, 0.1) is 0 Å². The van der Waals surface area contributed by atoms with Gasteiger partial charge in [0.1, 0.15) is 0 Å². The van der Waals surface area contributed by atoms with Crippen molar-refractivity contribution in [2.75, 3.05) is 0 Å². The molecule has 0 amide bonds. The van der Waals surface area contributed by atoms with Crippen LogP contribution in [0.2, 0.25) is 0 Å². The van der Waals surface area contributed by atoms with Crippen molar-refractivity contribution in [1.29, 1.82) is 0 Å². The molecule has 0 unspecified atom stereocenters. The van der Waals surface area contributed by atoms with Crippen LogP contribution in [-0.4, -0.2) is 9.97 Å². The number of fused-ring (bicyclic) bond motifs is 1. The Hall–Kier alpha value is -0.791. The average Bonchev–Trinajstić information content (AvgIpc) is 2.33. The topological polar surface area (TPSA) is 28.7 Å². The molecule has 0 saturated carbocycles.